The summed E-state index contributed by atoms with van der Waals surface area (Å²) >= 11 is 0. The number of rotatable bonds is 5. The molecule has 0 bridgehead atoms. The number of nitrogens with zero attached hydrogens (tertiary/aromatic N) is 2. The van der Waals surface area contributed by atoms with E-state index in [1.807, 2.05) is 6.92 Å². The van der Waals surface area contributed by atoms with E-state index in [9.17, 15) is 4.79 Å². The molecule has 0 aliphatic heterocycles. The molecule has 3 N–H and O–H groups in total. The summed E-state index contributed by atoms with van der Waals surface area (Å²) in [6.07, 6.45) is 0.747. The normalized spacial score (nSPS) is 12.8. The highest BCUT2D eigenvalue weighted by atomic mass is 16.5. The van der Waals surface area contributed by atoms with Crippen LogP contribution in [0, 0.1) is 5.92 Å². The first-order valence-corrected chi connectivity index (χ1v) is 5.42. The molecule has 6 nitrogen and oxygen atoms in total. The summed E-state index contributed by atoms with van der Waals surface area (Å²) in [5.74, 6) is 0.454. The summed E-state index contributed by atoms with van der Waals surface area (Å²) in [6, 6.07) is -0.310. The van der Waals surface area contributed by atoms with E-state index in [0.29, 0.717) is 18.4 Å². The molecule has 0 aliphatic rings. The van der Waals surface area contributed by atoms with Crippen LogP contribution in [-0.2, 0) is 0 Å². The molecule has 1 heterocycles. The molecule has 0 aliphatic carbocycles. The van der Waals surface area contributed by atoms with Crippen LogP contribution < -0.4 is 11.1 Å². The number of carbonyl (C=O) groups excluding carboxylic acids is 1. The van der Waals surface area contributed by atoms with E-state index < -0.39 is 0 Å². The van der Waals surface area contributed by atoms with Crippen LogP contribution in [0.15, 0.2) is 4.52 Å². The maximum Gasteiger partial charge on any atom is 0.292 e. The summed E-state index contributed by atoms with van der Waals surface area (Å²) in [4.78, 5) is 15.3. The fourth-order valence-corrected chi connectivity index (χ4v) is 1.33. The lowest BCUT2D eigenvalue weighted by Crippen LogP contribution is -2.24. The molecule has 0 spiro atoms. The number of hydrogen-bond donors (Lipinski definition) is 2. The second-order valence-electron chi connectivity index (χ2n) is 4.05. The maximum absolute atomic E-state index is 11.4. The van der Waals surface area contributed by atoms with Gasteiger partial charge in [0.25, 0.3) is 11.7 Å². The summed E-state index contributed by atoms with van der Waals surface area (Å²) in [5, 5.41) is 6.18. The third-order valence-corrected chi connectivity index (χ3v) is 2.02. The third kappa shape index (κ3) is 3.30. The van der Waals surface area contributed by atoms with E-state index in [4.69, 9.17) is 10.3 Å². The minimum absolute atomic E-state index is 0.0380. The van der Waals surface area contributed by atoms with Gasteiger partial charge in [-0.25, -0.2) is 0 Å². The zero-order chi connectivity index (χ0) is 12.1. The SMILES string of the molecule is CCNC(=O)c1noc(C(N)CC(C)C)n1. The van der Waals surface area contributed by atoms with Crippen molar-refractivity contribution in [3.63, 3.8) is 0 Å². The van der Waals surface area contributed by atoms with Crippen molar-refractivity contribution < 1.29 is 9.32 Å². The Balaban J connectivity index is 2.67. The van der Waals surface area contributed by atoms with E-state index >= 15 is 0 Å². The zero-order valence-corrected chi connectivity index (χ0v) is 9.86. The molecule has 0 aromatic carbocycles. The van der Waals surface area contributed by atoms with Crippen molar-refractivity contribution >= 4 is 5.91 Å². The highest BCUT2D eigenvalue weighted by Crippen LogP contribution is 2.16. The molecule has 0 saturated carbocycles. The van der Waals surface area contributed by atoms with E-state index in [0.717, 1.165) is 6.42 Å². The second kappa shape index (κ2) is 5.60. The van der Waals surface area contributed by atoms with Crippen LogP contribution in [0.1, 0.15) is 49.7 Å². The highest BCUT2D eigenvalue weighted by Gasteiger charge is 2.19. The number of nitrogens with one attached hydrogen (secondary N) is 1. The van der Waals surface area contributed by atoms with Gasteiger partial charge >= 0.3 is 0 Å². The molecule has 1 atom stereocenters. The van der Waals surface area contributed by atoms with Crippen molar-refractivity contribution in [3.05, 3.63) is 11.7 Å². The number of aromatic nitrogens is 2. The first kappa shape index (κ1) is 12.6. The number of amides is 1. The van der Waals surface area contributed by atoms with Gasteiger partial charge in [0.05, 0.1) is 6.04 Å². The van der Waals surface area contributed by atoms with Crippen LogP contribution in [0.4, 0.5) is 0 Å². The van der Waals surface area contributed by atoms with Crippen molar-refractivity contribution in [3.8, 4) is 0 Å². The zero-order valence-electron chi connectivity index (χ0n) is 9.86. The monoisotopic (exact) mass is 226 g/mol. The Labute approximate surface area is 94.6 Å². The number of carbonyl (C=O) groups is 1. The van der Waals surface area contributed by atoms with Gasteiger partial charge in [0.1, 0.15) is 0 Å². The van der Waals surface area contributed by atoms with Crippen molar-refractivity contribution in [1.82, 2.24) is 15.5 Å². The highest BCUT2D eigenvalue weighted by molar-refractivity contribution is 5.90. The Kier molecular flexibility index (Phi) is 4.42. The van der Waals surface area contributed by atoms with Gasteiger partial charge in [0, 0.05) is 6.54 Å². The lowest BCUT2D eigenvalue weighted by Gasteiger charge is -2.08. The molecule has 0 saturated heterocycles. The Bertz CT molecular complexity index is 348. The maximum atomic E-state index is 11.4. The fourth-order valence-electron chi connectivity index (χ4n) is 1.33. The summed E-state index contributed by atoms with van der Waals surface area (Å²) in [6.45, 7) is 6.46. The second-order valence-corrected chi connectivity index (χ2v) is 4.05. The van der Waals surface area contributed by atoms with Gasteiger partial charge in [-0.2, -0.15) is 4.98 Å². The number of nitrogens with two attached hydrogens (primary N) is 1. The predicted octanol–water partition coefficient (Wildman–Crippen LogP) is 0.865. The third-order valence-electron chi connectivity index (χ3n) is 2.02. The van der Waals surface area contributed by atoms with Crippen LogP contribution in [0.3, 0.4) is 0 Å². The molecular formula is C10H18N4O2. The van der Waals surface area contributed by atoms with Gasteiger partial charge in [-0.1, -0.05) is 19.0 Å². The van der Waals surface area contributed by atoms with E-state index in [1.54, 1.807) is 0 Å². The summed E-state index contributed by atoms with van der Waals surface area (Å²) in [5.41, 5.74) is 5.86. The number of hydrogen-bond acceptors (Lipinski definition) is 5. The van der Waals surface area contributed by atoms with Crippen molar-refractivity contribution in [1.29, 1.82) is 0 Å². The van der Waals surface area contributed by atoms with E-state index in [-0.39, 0.29) is 17.8 Å². The quantitative estimate of drug-likeness (QED) is 0.776. The first-order valence-electron chi connectivity index (χ1n) is 5.42. The minimum atomic E-state index is -0.339. The minimum Gasteiger partial charge on any atom is -0.349 e. The molecule has 1 aromatic heterocycles. The predicted molar refractivity (Wildman–Crippen MR) is 58.7 cm³/mol. The van der Waals surface area contributed by atoms with Gasteiger partial charge in [-0.3, -0.25) is 4.79 Å². The molecule has 1 amide bonds. The van der Waals surface area contributed by atoms with Gasteiger partial charge in [0.15, 0.2) is 0 Å². The smallest absolute Gasteiger partial charge is 0.292 e. The lowest BCUT2D eigenvalue weighted by atomic mass is 10.0. The van der Waals surface area contributed by atoms with E-state index in [1.165, 1.54) is 0 Å². The summed E-state index contributed by atoms with van der Waals surface area (Å²) < 4.78 is 4.95. The molecule has 1 aromatic rings. The fraction of sp³-hybridized carbons (Fsp3) is 0.700. The topological polar surface area (TPSA) is 94.0 Å². The first-order chi connectivity index (χ1) is 7.54. The molecular weight excluding hydrogens is 208 g/mol. The van der Waals surface area contributed by atoms with Crippen molar-refractivity contribution in [2.24, 2.45) is 11.7 Å². The average molecular weight is 226 g/mol. The van der Waals surface area contributed by atoms with Crippen LogP contribution in [0.2, 0.25) is 0 Å². The Morgan fingerprint density at radius 2 is 2.25 bits per heavy atom. The van der Waals surface area contributed by atoms with Crippen LogP contribution >= 0.6 is 0 Å². The molecule has 0 radical (unpaired) electrons. The Morgan fingerprint density at radius 3 is 2.81 bits per heavy atom. The standard InChI is InChI=1S/C10H18N4O2/c1-4-12-9(15)8-13-10(16-14-8)7(11)5-6(2)3/h6-7H,4-5,11H2,1-3H3,(H,12,15). The Morgan fingerprint density at radius 1 is 1.56 bits per heavy atom. The van der Waals surface area contributed by atoms with E-state index in [2.05, 4.69) is 29.3 Å². The van der Waals surface area contributed by atoms with Crippen LogP contribution in [0.25, 0.3) is 0 Å². The van der Waals surface area contributed by atoms with Crippen molar-refractivity contribution in [2.45, 2.75) is 33.2 Å². The van der Waals surface area contributed by atoms with Gasteiger partial charge in [-0.15, -0.1) is 0 Å². The molecule has 0 fully saturated rings. The van der Waals surface area contributed by atoms with Crippen molar-refractivity contribution in [2.75, 3.05) is 6.54 Å². The molecule has 16 heavy (non-hydrogen) atoms. The largest absolute Gasteiger partial charge is 0.349 e. The Hall–Kier alpha value is -1.43. The van der Waals surface area contributed by atoms with Gasteiger partial charge in [-0.05, 0) is 19.3 Å². The lowest BCUT2D eigenvalue weighted by molar-refractivity contribution is 0.0942. The van der Waals surface area contributed by atoms with Gasteiger partial charge < -0.3 is 15.6 Å². The van der Waals surface area contributed by atoms with Crippen LogP contribution in [-0.4, -0.2) is 22.6 Å². The molecule has 1 rings (SSSR count). The molecule has 90 valence electrons. The van der Waals surface area contributed by atoms with Gasteiger partial charge in [0.2, 0.25) is 5.89 Å². The molecule has 1 unspecified atom stereocenters. The summed E-state index contributed by atoms with van der Waals surface area (Å²) in [7, 11) is 0. The average Bonchev–Trinajstić information content (AvgIpc) is 2.65. The molecule has 6 heteroatoms. The van der Waals surface area contributed by atoms with Crippen LogP contribution in [0.5, 0.6) is 0 Å².